The first kappa shape index (κ1) is 27.4. The molecule has 4 heterocycles. The van der Waals surface area contributed by atoms with Crippen LogP contribution in [0.2, 0.25) is 0 Å². The van der Waals surface area contributed by atoms with Crippen molar-refractivity contribution in [2.45, 2.75) is 24.1 Å². The fourth-order valence-corrected chi connectivity index (χ4v) is 6.47. The Kier molecular flexibility index (Phi) is 7.14. The van der Waals surface area contributed by atoms with E-state index in [0.717, 1.165) is 22.3 Å². The summed E-state index contributed by atoms with van der Waals surface area (Å²) in [6, 6.07) is 5.43. The minimum absolute atomic E-state index is 0.0485. The third kappa shape index (κ3) is 4.83. The molecule has 208 valence electrons. The number of oxime groups is 1. The van der Waals surface area contributed by atoms with Crippen LogP contribution in [0.4, 0.5) is 18.3 Å². The van der Waals surface area contributed by atoms with Gasteiger partial charge in [-0.15, -0.1) is 23.1 Å². The van der Waals surface area contributed by atoms with E-state index in [1.54, 1.807) is 0 Å². The Morgan fingerprint density at radius 3 is 2.75 bits per heavy atom. The number of amides is 2. The minimum Gasteiger partial charge on any atom is -0.543 e. The summed E-state index contributed by atoms with van der Waals surface area (Å²) < 4.78 is 42.1. The van der Waals surface area contributed by atoms with Crippen LogP contribution in [0, 0.1) is 0 Å². The minimum atomic E-state index is -4.58. The lowest BCUT2D eigenvalue weighted by Gasteiger charge is -2.50. The molecule has 0 saturated carbocycles. The van der Waals surface area contributed by atoms with Gasteiger partial charge in [0.05, 0.1) is 22.6 Å². The number of pyridine rings is 1. The van der Waals surface area contributed by atoms with E-state index in [9.17, 15) is 32.7 Å². The number of nitrogens with two attached hydrogens (primary N) is 1. The predicted octanol–water partition coefficient (Wildman–Crippen LogP) is 0.639. The highest BCUT2D eigenvalue weighted by atomic mass is 32.2. The number of carbonyl (C=O) groups is 3. The van der Waals surface area contributed by atoms with E-state index in [1.807, 2.05) is 0 Å². The summed E-state index contributed by atoms with van der Waals surface area (Å²) in [6.07, 6.45) is -3.05. The molecule has 3 N–H and O–H groups in total. The standard InChI is InChI=1S/C24H19F3N6O5S2/c1-38-31-16(14-10-40-23(28)29-14)19(34)30-17-20(35)33-18(22(36)37)11(9-39-21(17)33)8-32-7-3-4-12-13(24(25,26)27)5-2-6-15(12)32/h2-7,10,17,21H,8-9H2,1H3,(H3-,28,29,30,34,36,37)/b31-16-/t17?,21-/m1/s1. The number of thiazole rings is 1. The van der Waals surface area contributed by atoms with Crippen LogP contribution in [0.15, 0.2) is 58.3 Å². The monoisotopic (exact) mass is 592 g/mol. The van der Waals surface area contributed by atoms with Crippen molar-refractivity contribution in [3.05, 3.63) is 64.4 Å². The lowest BCUT2D eigenvalue weighted by Crippen LogP contribution is -2.71. The number of β-lactam (4-membered cyclic amide) rings is 1. The van der Waals surface area contributed by atoms with Gasteiger partial charge in [-0.25, -0.2) is 4.98 Å². The molecule has 0 aliphatic carbocycles. The van der Waals surface area contributed by atoms with Gasteiger partial charge in [0.1, 0.15) is 24.2 Å². The van der Waals surface area contributed by atoms with Gasteiger partial charge >= 0.3 is 6.18 Å². The van der Waals surface area contributed by atoms with E-state index in [1.165, 1.54) is 59.3 Å². The summed E-state index contributed by atoms with van der Waals surface area (Å²) in [5.41, 5.74) is 4.86. The number of alkyl halides is 3. The zero-order chi connectivity index (χ0) is 28.8. The average Bonchev–Trinajstić information content (AvgIpc) is 3.34. The van der Waals surface area contributed by atoms with E-state index < -0.39 is 40.9 Å². The molecule has 5 rings (SSSR count). The number of carboxylic acid groups (broad SMARTS) is 1. The summed E-state index contributed by atoms with van der Waals surface area (Å²) in [5, 5.41) is 19.3. The van der Waals surface area contributed by atoms with Gasteiger partial charge in [-0.3, -0.25) is 14.5 Å². The third-order valence-electron chi connectivity index (χ3n) is 6.28. The highest BCUT2D eigenvalue weighted by Gasteiger charge is 2.53. The molecule has 40 heavy (non-hydrogen) atoms. The van der Waals surface area contributed by atoms with Gasteiger partial charge < -0.3 is 25.8 Å². The molecule has 3 aromatic rings. The van der Waals surface area contributed by atoms with Gasteiger partial charge in [-0.1, -0.05) is 11.2 Å². The largest absolute Gasteiger partial charge is 0.543 e. The Morgan fingerprint density at radius 1 is 1.32 bits per heavy atom. The molecule has 1 unspecified atom stereocenters. The quantitative estimate of drug-likeness (QED) is 0.175. The SMILES string of the molecule is CO/N=C(\C(=O)NC1C(=O)N2C(C(=O)[O-])=C(C[n+]3cccc4c(C(F)(F)F)cccc43)CS[C@H]12)c1csc(N)n1. The Hall–Kier alpha value is -4.18. The highest BCUT2D eigenvalue weighted by Crippen LogP contribution is 2.40. The van der Waals surface area contributed by atoms with E-state index >= 15 is 0 Å². The predicted molar refractivity (Wildman–Crippen MR) is 136 cm³/mol. The fraction of sp³-hybridized carbons (Fsp3) is 0.250. The van der Waals surface area contributed by atoms with E-state index in [4.69, 9.17) is 10.6 Å². The molecule has 11 nitrogen and oxygen atoms in total. The van der Waals surface area contributed by atoms with Crippen LogP contribution in [-0.4, -0.2) is 57.7 Å². The number of aliphatic carboxylic acids is 1. The molecule has 2 aliphatic heterocycles. The van der Waals surface area contributed by atoms with Crippen molar-refractivity contribution in [3.63, 3.8) is 0 Å². The van der Waals surface area contributed by atoms with Gasteiger partial charge in [-0.05, 0) is 12.1 Å². The lowest BCUT2D eigenvalue weighted by molar-refractivity contribution is -0.663. The zero-order valence-electron chi connectivity index (χ0n) is 20.5. The van der Waals surface area contributed by atoms with Gasteiger partial charge in [-0.2, -0.15) is 17.7 Å². The first-order valence-electron chi connectivity index (χ1n) is 11.5. The number of carboxylic acids is 1. The number of fused-ring (bicyclic) bond motifs is 2. The molecule has 1 fully saturated rings. The van der Waals surface area contributed by atoms with Crippen LogP contribution >= 0.6 is 23.1 Å². The smallest absolute Gasteiger partial charge is 0.417 e. The van der Waals surface area contributed by atoms with Gasteiger partial charge in [0.15, 0.2) is 23.6 Å². The Labute approximate surface area is 232 Å². The second-order valence-electron chi connectivity index (χ2n) is 8.67. The number of nitrogens with zero attached hydrogens (tertiary/aromatic N) is 4. The van der Waals surface area contributed by atoms with Crippen molar-refractivity contribution in [3.8, 4) is 0 Å². The number of benzene rings is 1. The van der Waals surface area contributed by atoms with Crippen LogP contribution in [0.25, 0.3) is 10.9 Å². The summed E-state index contributed by atoms with van der Waals surface area (Å²) >= 11 is 2.27. The summed E-state index contributed by atoms with van der Waals surface area (Å²) in [7, 11) is 1.23. The molecule has 1 aromatic carbocycles. The summed E-state index contributed by atoms with van der Waals surface area (Å²) in [6.45, 7) is -0.0988. The number of rotatable bonds is 7. The number of nitrogens with one attached hydrogen (secondary N) is 1. The molecule has 16 heteroatoms. The second-order valence-corrected chi connectivity index (χ2v) is 10.7. The third-order valence-corrected chi connectivity index (χ3v) is 8.29. The Morgan fingerprint density at radius 2 is 2.10 bits per heavy atom. The van der Waals surface area contributed by atoms with Crippen molar-refractivity contribution in [2.24, 2.45) is 5.16 Å². The molecule has 2 amide bonds. The van der Waals surface area contributed by atoms with Gasteiger partial charge in [0.25, 0.3) is 11.8 Å². The molecule has 0 spiro atoms. The van der Waals surface area contributed by atoms with Gasteiger partial charge in [0, 0.05) is 28.8 Å². The summed E-state index contributed by atoms with van der Waals surface area (Å²) in [5.74, 6) is -2.97. The van der Waals surface area contributed by atoms with Crippen molar-refractivity contribution in [1.82, 2.24) is 15.2 Å². The van der Waals surface area contributed by atoms with Crippen LogP contribution in [-0.2, 0) is 31.9 Å². The molecular weight excluding hydrogens is 573 g/mol. The normalized spacial score (nSPS) is 19.4. The molecule has 0 bridgehead atoms. The van der Waals surface area contributed by atoms with Crippen LogP contribution in [0.3, 0.4) is 0 Å². The van der Waals surface area contributed by atoms with E-state index in [0.29, 0.717) is 0 Å². The van der Waals surface area contributed by atoms with Crippen molar-refractivity contribution in [2.75, 3.05) is 18.6 Å². The van der Waals surface area contributed by atoms with Crippen LogP contribution in [0.1, 0.15) is 11.3 Å². The van der Waals surface area contributed by atoms with Crippen LogP contribution in [0.5, 0.6) is 0 Å². The zero-order valence-corrected chi connectivity index (χ0v) is 22.1. The van der Waals surface area contributed by atoms with E-state index in [-0.39, 0.29) is 51.0 Å². The molecule has 2 aromatic heterocycles. The average molecular weight is 593 g/mol. The second kappa shape index (κ2) is 10.4. The van der Waals surface area contributed by atoms with Crippen molar-refractivity contribution in [1.29, 1.82) is 0 Å². The topological polar surface area (TPSA) is 154 Å². The summed E-state index contributed by atoms with van der Waals surface area (Å²) in [4.78, 5) is 47.9. The molecule has 1 saturated heterocycles. The molecular formula is C24H19F3N6O5S2. The maximum atomic E-state index is 13.5. The van der Waals surface area contributed by atoms with E-state index in [2.05, 4.69) is 15.5 Å². The van der Waals surface area contributed by atoms with Crippen molar-refractivity contribution < 1.29 is 42.1 Å². The Bertz CT molecular complexity index is 1610. The maximum Gasteiger partial charge on any atom is 0.417 e. The number of hydrogen-bond donors (Lipinski definition) is 2. The highest BCUT2D eigenvalue weighted by molar-refractivity contribution is 8.00. The number of aromatic nitrogens is 2. The number of nitrogen functional groups attached to an aromatic ring is 1. The fourth-order valence-electron chi connectivity index (χ4n) is 4.59. The molecule has 0 radical (unpaired) electrons. The van der Waals surface area contributed by atoms with Crippen molar-refractivity contribution >= 4 is 62.6 Å². The number of thioether (sulfide) groups is 1. The number of carbonyl (C=O) groups excluding carboxylic acids is 3. The molecule has 2 atom stereocenters. The number of anilines is 1. The number of halogens is 3. The number of hydrogen-bond acceptors (Lipinski definition) is 10. The Balaban J connectivity index is 1.41. The molecule has 2 aliphatic rings. The first-order chi connectivity index (χ1) is 19.0. The lowest BCUT2D eigenvalue weighted by atomic mass is 10.0. The van der Waals surface area contributed by atoms with Gasteiger partial charge in [0.2, 0.25) is 5.52 Å². The maximum absolute atomic E-state index is 13.5. The first-order valence-corrected chi connectivity index (χ1v) is 13.4. The van der Waals surface area contributed by atoms with Crippen LogP contribution < -0.4 is 20.7 Å².